The molecule has 0 saturated heterocycles. The maximum atomic E-state index is 5.99. The minimum absolute atomic E-state index is 0.540. The lowest BCUT2D eigenvalue weighted by Gasteiger charge is -2.12. The van der Waals surface area contributed by atoms with Gasteiger partial charge in [-0.3, -0.25) is 0 Å². The van der Waals surface area contributed by atoms with E-state index in [-0.39, 0.29) is 0 Å². The van der Waals surface area contributed by atoms with Gasteiger partial charge in [0.15, 0.2) is 0 Å². The summed E-state index contributed by atoms with van der Waals surface area (Å²) in [5.74, 6) is 2.33. The van der Waals surface area contributed by atoms with E-state index in [1.807, 2.05) is 12.1 Å². The highest BCUT2D eigenvalue weighted by atomic mass is 16.5. The zero-order valence-corrected chi connectivity index (χ0v) is 12.5. The van der Waals surface area contributed by atoms with Crippen molar-refractivity contribution in [3.05, 3.63) is 59.2 Å². The summed E-state index contributed by atoms with van der Waals surface area (Å²) in [6.07, 6.45) is 0.878. The fourth-order valence-corrected chi connectivity index (χ4v) is 2.12. The largest absolute Gasteiger partial charge is 0.457 e. The number of hydrogen-bond donors (Lipinski definition) is 1. The molecule has 0 spiro atoms. The first-order chi connectivity index (χ1) is 9.60. The molecular formula is C18H23NO. The van der Waals surface area contributed by atoms with Crippen LogP contribution < -0.4 is 10.5 Å². The average molecular weight is 269 g/mol. The van der Waals surface area contributed by atoms with Crippen LogP contribution in [-0.4, -0.2) is 6.54 Å². The molecule has 0 unspecified atom stereocenters. The Morgan fingerprint density at radius 2 is 1.75 bits per heavy atom. The van der Waals surface area contributed by atoms with E-state index in [9.17, 15) is 0 Å². The maximum absolute atomic E-state index is 5.99. The second kappa shape index (κ2) is 6.58. The van der Waals surface area contributed by atoms with Crippen molar-refractivity contribution in [2.24, 2.45) is 5.73 Å². The lowest BCUT2D eigenvalue weighted by atomic mass is 10.0. The second-order valence-electron chi connectivity index (χ2n) is 5.46. The smallest absolute Gasteiger partial charge is 0.130 e. The first kappa shape index (κ1) is 14.6. The standard InChI is InChI=1S/C18H23NO/c1-13(2)16-6-8-17(9-7-16)20-18-12-15(10-11-19)5-4-14(18)3/h4-9,12-13H,10-11,19H2,1-3H3. The molecule has 2 rings (SSSR count). The highest BCUT2D eigenvalue weighted by Crippen LogP contribution is 2.27. The summed E-state index contributed by atoms with van der Waals surface area (Å²) in [5.41, 5.74) is 9.28. The number of hydrogen-bond acceptors (Lipinski definition) is 2. The van der Waals surface area contributed by atoms with Gasteiger partial charge in [-0.15, -0.1) is 0 Å². The molecule has 0 aromatic heterocycles. The van der Waals surface area contributed by atoms with Gasteiger partial charge < -0.3 is 10.5 Å². The molecule has 0 bridgehead atoms. The van der Waals surface area contributed by atoms with Gasteiger partial charge >= 0.3 is 0 Å². The molecule has 0 amide bonds. The van der Waals surface area contributed by atoms with Crippen LogP contribution in [0.15, 0.2) is 42.5 Å². The van der Waals surface area contributed by atoms with Crippen LogP contribution in [0.5, 0.6) is 11.5 Å². The molecule has 106 valence electrons. The van der Waals surface area contributed by atoms with E-state index >= 15 is 0 Å². The van der Waals surface area contributed by atoms with Gasteiger partial charge in [0.25, 0.3) is 0 Å². The van der Waals surface area contributed by atoms with Crippen molar-refractivity contribution in [2.45, 2.75) is 33.1 Å². The van der Waals surface area contributed by atoms with Crippen molar-refractivity contribution in [2.75, 3.05) is 6.54 Å². The van der Waals surface area contributed by atoms with E-state index in [0.29, 0.717) is 12.5 Å². The molecule has 2 heteroatoms. The molecule has 0 aliphatic heterocycles. The van der Waals surface area contributed by atoms with Crippen LogP contribution in [0.25, 0.3) is 0 Å². The number of rotatable bonds is 5. The molecule has 0 aliphatic rings. The Morgan fingerprint density at radius 1 is 1.05 bits per heavy atom. The van der Waals surface area contributed by atoms with Gasteiger partial charge in [0.2, 0.25) is 0 Å². The van der Waals surface area contributed by atoms with Gasteiger partial charge in [0.1, 0.15) is 11.5 Å². The van der Waals surface area contributed by atoms with Crippen LogP contribution in [0.2, 0.25) is 0 Å². The van der Waals surface area contributed by atoms with Crippen molar-refractivity contribution in [1.82, 2.24) is 0 Å². The fourth-order valence-electron chi connectivity index (χ4n) is 2.12. The summed E-state index contributed by atoms with van der Waals surface area (Å²) in [6, 6.07) is 14.6. The molecule has 0 aliphatic carbocycles. The monoisotopic (exact) mass is 269 g/mol. The van der Waals surface area contributed by atoms with Gasteiger partial charge in [-0.25, -0.2) is 0 Å². The van der Waals surface area contributed by atoms with Gasteiger partial charge in [0.05, 0.1) is 0 Å². The van der Waals surface area contributed by atoms with Crippen LogP contribution in [0.3, 0.4) is 0 Å². The van der Waals surface area contributed by atoms with Crippen molar-refractivity contribution >= 4 is 0 Å². The Bertz CT molecular complexity index is 558. The van der Waals surface area contributed by atoms with E-state index < -0.39 is 0 Å². The highest BCUT2D eigenvalue weighted by Gasteiger charge is 2.04. The molecule has 0 atom stereocenters. The summed E-state index contributed by atoms with van der Waals surface area (Å²) in [7, 11) is 0. The van der Waals surface area contributed by atoms with Crippen molar-refractivity contribution in [1.29, 1.82) is 0 Å². The van der Waals surface area contributed by atoms with Gasteiger partial charge in [-0.1, -0.05) is 38.1 Å². The van der Waals surface area contributed by atoms with Crippen molar-refractivity contribution < 1.29 is 4.74 Å². The quantitative estimate of drug-likeness (QED) is 0.872. The van der Waals surface area contributed by atoms with Gasteiger partial charge in [-0.2, -0.15) is 0 Å². The van der Waals surface area contributed by atoms with Crippen LogP contribution in [0, 0.1) is 6.92 Å². The zero-order valence-electron chi connectivity index (χ0n) is 12.5. The molecule has 20 heavy (non-hydrogen) atoms. The Balaban J connectivity index is 2.18. The van der Waals surface area contributed by atoms with E-state index in [0.717, 1.165) is 23.5 Å². The Hall–Kier alpha value is -1.80. The maximum Gasteiger partial charge on any atom is 0.130 e. The highest BCUT2D eigenvalue weighted by molar-refractivity contribution is 5.41. The molecule has 2 N–H and O–H groups in total. The molecule has 0 heterocycles. The zero-order chi connectivity index (χ0) is 14.5. The predicted octanol–water partition coefficient (Wildman–Crippen LogP) is 4.41. The molecule has 2 aromatic rings. The first-order valence-corrected chi connectivity index (χ1v) is 7.17. The molecule has 2 nitrogen and oxygen atoms in total. The molecule has 0 fully saturated rings. The van der Waals surface area contributed by atoms with Gasteiger partial charge in [0, 0.05) is 0 Å². The predicted molar refractivity (Wildman–Crippen MR) is 84.5 cm³/mol. The van der Waals surface area contributed by atoms with E-state index in [1.54, 1.807) is 0 Å². The van der Waals surface area contributed by atoms with E-state index in [2.05, 4.69) is 51.1 Å². The van der Waals surface area contributed by atoms with Crippen LogP contribution >= 0.6 is 0 Å². The summed E-state index contributed by atoms with van der Waals surface area (Å²) in [5, 5.41) is 0. The minimum Gasteiger partial charge on any atom is -0.457 e. The summed E-state index contributed by atoms with van der Waals surface area (Å²) in [6.45, 7) is 7.10. The van der Waals surface area contributed by atoms with Crippen LogP contribution in [0.1, 0.15) is 36.5 Å². The normalized spacial score (nSPS) is 10.8. The van der Waals surface area contributed by atoms with Gasteiger partial charge in [-0.05, 0) is 60.7 Å². The summed E-state index contributed by atoms with van der Waals surface area (Å²) >= 11 is 0. The van der Waals surface area contributed by atoms with Crippen molar-refractivity contribution in [3.63, 3.8) is 0 Å². The lowest BCUT2D eigenvalue weighted by Crippen LogP contribution is -2.02. The first-order valence-electron chi connectivity index (χ1n) is 7.17. The summed E-state index contributed by atoms with van der Waals surface area (Å²) in [4.78, 5) is 0. The number of benzene rings is 2. The lowest BCUT2D eigenvalue weighted by molar-refractivity contribution is 0.478. The number of ether oxygens (including phenoxy) is 1. The van der Waals surface area contributed by atoms with E-state index in [1.165, 1.54) is 11.1 Å². The molecule has 0 saturated carbocycles. The topological polar surface area (TPSA) is 35.2 Å². The van der Waals surface area contributed by atoms with E-state index in [4.69, 9.17) is 10.5 Å². The Labute approximate surface area is 121 Å². The van der Waals surface area contributed by atoms with Crippen molar-refractivity contribution in [3.8, 4) is 11.5 Å². The third-order valence-electron chi connectivity index (χ3n) is 3.46. The Kier molecular flexibility index (Phi) is 4.80. The van der Waals surface area contributed by atoms with Crippen LogP contribution in [-0.2, 0) is 6.42 Å². The minimum atomic E-state index is 0.540. The Morgan fingerprint density at radius 3 is 2.35 bits per heavy atom. The molecule has 0 radical (unpaired) electrons. The number of nitrogens with two attached hydrogens (primary N) is 1. The SMILES string of the molecule is Cc1ccc(CCN)cc1Oc1ccc(C(C)C)cc1. The third-order valence-corrected chi connectivity index (χ3v) is 3.46. The second-order valence-corrected chi connectivity index (χ2v) is 5.46. The molecule has 2 aromatic carbocycles. The van der Waals surface area contributed by atoms with Crippen LogP contribution in [0.4, 0.5) is 0 Å². The average Bonchev–Trinajstić information content (AvgIpc) is 2.43. The third kappa shape index (κ3) is 3.61. The summed E-state index contributed by atoms with van der Waals surface area (Å²) < 4.78 is 5.99. The fraction of sp³-hybridized carbons (Fsp3) is 0.333. The number of aryl methyl sites for hydroxylation is 1. The molecular weight excluding hydrogens is 246 g/mol.